The summed E-state index contributed by atoms with van der Waals surface area (Å²) in [4.78, 5) is 0. The molecule has 1 aromatic heterocycles. The van der Waals surface area contributed by atoms with Gasteiger partial charge in [-0.2, -0.15) is 0 Å². The number of benzene rings is 1. The highest BCUT2D eigenvalue weighted by molar-refractivity contribution is 5.33. The zero-order chi connectivity index (χ0) is 14.4. The summed E-state index contributed by atoms with van der Waals surface area (Å²) in [7, 11) is 0. The summed E-state index contributed by atoms with van der Waals surface area (Å²) in [6, 6.07) is 6.45. The van der Waals surface area contributed by atoms with Crippen LogP contribution in [-0.4, -0.2) is 29.9 Å². The van der Waals surface area contributed by atoms with Gasteiger partial charge in [0.25, 0.3) is 0 Å². The number of aryl methyl sites for hydroxylation is 2. The van der Waals surface area contributed by atoms with Crippen molar-refractivity contribution in [2.24, 2.45) is 5.73 Å². The summed E-state index contributed by atoms with van der Waals surface area (Å²) in [6.07, 6.45) is 0.591. The van der Waals surface area contributed by atoms with Crippen molar-refractivity contribution in [1.29, 1.82) is 0 Å². The Morgan fingerprint density at radius 3 is 2.85 bits per heavy atom. The van der Waals surface area contributed by atoms with Crippen molar-refractivity contribution in [2.45, 2.75) is 20.3 Å². The number of nitrogens with zero attached hydrogens (tertiary/aromatic N) is 2. The zero-order valence-electron chi connectivity index (χ0n) is 11.8. The summed E-state index contributed by atoms with van der Waals surface area (Å²) >= 11 is 0. The van der Waals surface area contributed by atoms with E-state index in [4.69, 9.17) is 14.9 Å². The Kier molecular flexibility index (Phi) is 4.95. The normalized spacial score (nSPS) is 10.6. The molecule has 1 aromatic carbocycles. The second-order valence-electron chi connectivity index (χ2n) is 4.56. The van der Waals surface area contributed by atoms with Crippen molar-refractivity contribution in [1.82, 2.24) is 10.2 Å². The number of aromatic nitrogens is 2. The SMILES string of the molecule is Cc1ccc(OCCNc2nnc(CCN)o2)cc1C. The minimum Gasteiger partial charge on any atom is -0.492 e. The second kappa shape index (κ2) is 6.91. The van der Waals surface area contributed by atoms with Crippen LogP contribution in [0.1, 0.15) is 17.0 Å². The first-order chi connectivity index (χ1) is 9.69. The predicted octanol–water partition coefficient (Wildman–Crippen LogP) is 1.68. The minimum absolute atomic E-state index is 0.400. The van der Waals surface area contributed by atoms with Gasteiger partial charge in [0.05, 0.1) is 6.54 Å². The summed E-state index contributed by atoms with van der Waals surface area (Å²) in [5.41, 5.74) is 7.89. The van der Waals surface area contributed by atoms with Crippen LogP contribution in [0.15, 0.2) is 22.6 Å². The smallest absolute Gasteiger partial charge is 0.315 e. The van der Waals surface area contributed by atoms with Gasteiger partial charge in [0, 0.05) is 13.0 Å². The average Bonchev–Trinajstić information content (AvgIpc) is 2.87. The molecule has 0 fully saturated rings. The van der Waals surface area contributed by atoms with E-state index >= 15 is 0 Å². The van der Waals surface area contributed by atoms with E-state index in [-0.39, 0.29) is 0 Å². The number of anilines is 1. The van der Waals surface area contributed by atoms with E-state index in [0.717, 1.165) is 5.75 Å². The third-order valence-corrected chi connectivity index (χ3v) is 2.95. The van der Waals surface area contributed by atoms with Gasteiger partial charge in [0.2, 0.25) is 5.89 Å². The van der Waals surface area contributed by atoms with Gasteiger partial charge < -0.3 is 20.2 Å². The van der Waals surface area contributed by atoms with E-state index in [9.17, 15) is 0 Å². The molecule has 0 aliphatic rings. The minimum atomic E-state index is 0.400. The fraction of sp³-hybridized carbons (Fsp3) is 0.429. The van der Waals surface area contributed by atoms with Crippen LogP contribution < -0.4 is 15.8 Å². The first-order valence-corrected chi connectivity index (χ1v) is 6.65. The molecule has 0 aliphatic heterocycles. The Morgan fingerprint density at radius 2 is 2.10 bits per heavy atom. The summed E-state index contributed by atoms with van der Waals surface area (Å²) in [5, 5.41) is 10.7. The quantitative estimate of drug-likeness (QED) is 0.748. The maximum absolute atomic E-state index is 5.65. The molecule has 0 saturated heterocycles. The molecule has 6 nitrogen and oxygen atoms in total. The van der Waals surface area contributed by atoms with E-state index < -0.39 is 0 Å². The summed E-state index contributed by atoms with van der Waals surface area (Å²) < 4.78 is 11.0. The fourth-order valence-corrected chi connectivity index (χ4v) is 1.68. The van der Waals surface area contributed by atoms with Crippen LogP contribution in [0, 0.1) is 13.8 Å². The molecule has 1 heterocycles. The molecule has 0 radical (unpaired) electrons. The van der Waals surface area contributed by atoms with Crippen LogP contribution in [0.25, 0.3) is 0 Å². The number of ether oxygens (including phenoxy) is 1. The molecule has 0 bridgehead atoms. The average molecular weight is 276 g/mol. The molecule has 20 heavy (non-hydrogen) atoms. The van der Waals surface area contributed by atoms with Crippen molar-refractivity contribution in [3.63, 3.8) is 0 Å². The van der Waals surface area contributed by atoms with Gasteiger partial charge in [-0.1, -0.05) is 11.2 Å². The topological polar surface area (TPSA) is 86.2 Å². The van der Waals surface area contributed by atoms with Crippen LogP contribution >= 0.6 is 0 Å². The van der Waals surface area contributed by atoms with E-state index in [0.29, 0.717) is 38.0 Å². The fourth-order valence-electron chi connectivity index (χ4n) is 1.68. The molecule has 0 spiro atoms. The third-order valence-electron chi connectivity index (χ3n) is 2.95. The second-order valence-corrected chi connectivity index (χ2v) is 4.56. The first kappa shape index (κ1) is 14.3. The maximum atomic E-state index is 5.65. The lowest BCUT2D eigenvalue weighted by Gasteiger charge is -2.08. The van der Waals surface area contributed by atoms with Crippen molar-refractivity contribution < 1.29 is 9.15 Å². The highest BCUT2D eigenvalue weighted by Crippen LogP contribution is 2.16. The summed E-state index contributed by atoms with van der Waals surface area (Å²) in [6.45, 7) is 5.76. The number of nitrogens with two attached hydrogens (primary N) is 1. The van der Waals surface area contributed by atoms with Gasteiger partial charge in [0.15, 0.2) is 0 Å². The monoisotopic (exact) mass is 276 g/mol. The largest absolute Gasteiger partial charge is 0.492 e. The predicted molar refractivity (Wildman–Crippen MR) is 77.0 cm³/mol. The lowest BCUT2D eigenvalue weighted by Crippen LogP contribution is -2.11. The van der Waals surface area contributed by atoms with Crippen molar-refractivity contribution in [2.75, 3.05) is 25.0 Å². The molecule has 0 amide bonds. The van der Waals surface area contributed by atoms with Crippen LogP contribution in [0.4, 0.5) is 6.01 Å². The molecule has 0 saturated carbocycles. The molecular formula is C14H20N4O2. The first-order valence-electron chi connectivity index (χ1n) is 6.65. The van der Waals surface area contributed by atoms with Gasteiger partial charge in [-0.3, -0.25) is 0 Å². The van der Waals surface area contributed by atoms with Crippen LogP contribution in [0.5, 0.6) is 5.75 Å². The van der Waals surface area contributed by atoms with E-state index in [1.54, 1.807) is 0 Å². The molecule has 2 rings (SSSR count). The Labute approximate surface area is 118 Å². The van der Waals surface area contributed by atoms with Gasteiger partial charge in [-0.15, -0.1) is 5.10 Å². The van der Waals surface area contributed by atoms with Gasteiger partial charge in [0.1, 0.15) is 12.4 Å². The van der Waals surface area contributed by atoms with E-state index in [1.807, 2.05) is 12.1 Å². The standard InChI is InChI=1S/C14H20N4O2/c1-10-3-4-12(9-11(10)2)19-8-7-16-14-18-17-13(20-14)5-6-15/h3-4,9H,5-8,15H2,1-2H3,(H,16,18). The molecule has 0 atom stereocenters. The summed E-state index contributed by atoms with van der Waals surface area (Å²) in [5.74, 6) is 1.41. The lowest BCUT2D eigenvalue weighted by molar-refractivity contribution is 0.331. The Balaban J connectivity index is 1.74. The Morgan fingerprint density at radius 1 is 1.25 bits per heavy atom. The van der Waals surface area contributed by atoms with Crippen LogP contribution in [0.2, 0.25) is 0 Å². The van der Waals surface area contributed by atoms with Crippen LogP contribution in [0.3, 0.4) is 0 Å². The molecule has 0 aliphatic carbocycles. The van der Waals surface area contributed by atoms with Gasteiger partial charge in [-0.25, -0.2) is 0 Å². The van der Waals surface area contributed by atoms with Crippen LogP contribution in [-0.2, 0) is 6.42 Å². The highest BCUT2D eigenvalue weighted by Gasteiger charge is 2.04. The molecule has 2 aromatic rings. The molecule has 0 unspecified atom stereocenters. The van der Waals surface area contributed by atoms with E-state index in [2.05, 4.69) is 35.4 Å². The number of hydrogen-bond acceptors (Lipinski definition) is 6. The van der Waals surface area contributed by atoms with Gasteiger partial charge in [-0.05, 0) is 37.1 Å². The highest BCUT2D eigenvalue weighted by atomic mass is 16.5. The molecule has 6 heteroatoms. The lowest BCUT2D eigenvalue weighted by atomic mass is 10.1. The van der Waals surface area contributed by atoms with Crippen molar-refractivity contribution in [3.05, 3.63) is 35.2 Å². The van der Waals surface area contributed by atoms with Crippen molar-refractivity contribution in [3.8, 4) is 5.75 Å². The zero-order valence-corrected chi connectivity index (χ0v) is 11.8. The Bertz CT molecular complexity index is 554. The Hall–Kier alpha value is -2.08. The third kappa shape index (κ3) is 3.96. The van der Waals surface area contributed by atoms with E-state index in [1.165, 1.54) is 11.1 Å². The van der Waals surface area contributed by atoms with Gasteiger partial charge >= 0.3 is 6.01 Å². The number of nitrogens with one attached hydrogen (secondary N) is 1. The number of rotatable bonds is 7. The molecule has 3 N–H and O–H groups in total. The maximum Gasteiger partial charge on any atom is 0.315 e. The molecule has 108 valence electrons. The number of hydrogen-bond donors (Lipinski definition) is 2. The molecular weight excluding hydrogens is 256 g/mol. The van der Waals surface area contributed by atoms with Crippen molar-refractivity contribution >= 4 is 6.01 Å².